The quantitative estimate of drug-likeness (QED) is 0.518. The van der Waals surface area contributed by atoms with Crippen LogP contribution in [0.25, 0.3) is 0 Å². The van der Waals surface area contributed by atoms with Crippen LogP contribution >= 0.6 is 0 Å². The van der Waals surface area contributed by atoms with Crippen molar-refractivity contribution in [3.8, 4) is 0 Å². The van der Waals surface area contributed by atoms with Gasteiger partial charge in [0.1, 0.15) is 13.2 Å². The van der Waals surface area contributed by atoms with E-state index in [4.69, 9.17) is 4.74 Å². The molecule has 0 aromatic heterocycles. The molecule has 26 heavy (non-hydrogen) atoms. The van der Waals surface area contributed by atoms with Gasteiger partial charge in [-0.2, -0.15) is 0 Å². The summed E-state index contributed by atoms with van der Waals surface area (Å²) in [4.78, 5) is 35.0. The van der Waals surface area contributed by atoms with Gasteiger partial charge in [0.25, 0.3) is 0 Å². The Labute approximate surface area is 154 Å². The highest BCUT2D eigenvalue weighted by Crippen LogP contribution is 2.10. The lowest BCUT2D eigenvalue weighted by Gasteiger charge is -2.07. The minimum absolute atomic E-state index is 0.00313. The highest BCUT2D eigenvalue weighted by Gasteiger charge is 2.06. The fraction of sp³-hybridized carbons (Fsp3) is 0.421. The summed E-state index contributed by atoms with van der Waals surface area (Å²) in [5, 5.41) is 8.24. The summed E-state index contributed by atoms with van der Waals surface area (Å²) in [6.45, 7) is 4.03. The molecule has 1 aromatic carbocycles. The number of hydrogen-bond acceptors (Lipinski definition) is 5. The lowest BCUT2D eigenvalue weighted by Crippen LogP contribution is -2.30. The van der Waals surface area contributed by atoms with Crippen molar-refractivity contribution in [1.82, 2.24) is 10.6 Å². The molecule has 0 heterocycles. The summed E-state index contributed by atoms with van der Waals surface area (Å²) in [6, 6.07) is 7.02. The molecule has 0 atom stereocenters. The molecule has 0 unspecified atom stereocenters. The van der Waals surface area contributed by atoms with Gasteiger partial charge < -0.3 is 20.7 Å². The van der Waals surface area contributed by atoms with Crippen LogP contribution in [0.3, 0.4) is 0 Å². The summed E-state index contributed by atoms with van der Waals surface area (Å²) in [6.07, 6.45) is 2.70. The minimum atomic E-state index is -0.343. The Morgan fingerprint density at radius 3 is 2.35 bits per heavy atom. The fourth-order valence-corrected chi connectivity index (χ4v) is 2.02. The third-order valence-electron chi connectivity index (χ3n) is 3.43. The van der Waals surface area contributed by atoms with Crippen LogP contribution in [-0.2, 0) is 25.5 Å². The van der Waals surface area contributed by atoms with E-state index in [1.807, 2.05) is 13.8 Å². The first-order valence-electron chi connectivity index (χ1n) is 8.56. The van der Waals surface area contributed by atoms with Crippen LogP contribution in [-0.4, -0.2) is 44.4 Å². The molecule has 7 heteroatoms. The largest absolute Gasteiger partial charge is 0.392 e. The molecule has 0 saturated heterocycles. The Kier molecular flexibility index (Phi) is 9.71. The minimum Gasteiger partial charge on any atom is -0.392 e. The van der Waals surface area contributed by atoms with E-state index in [2.05, 4.69) is 16.0 Å². The van der Waals surface area contributed by atoms with Gasteiger partial charge in [0.15, 0.2) is 5.78 Å². The number of ether oxygens (including phenoxy) is 1. The Morgan fingerprint density at radius 2 is 1.73 bits per heavy atom. The van der Waals surface area contributed by atoms with Crippen molar-refractivity contribution in [2.24, 2.45) is 0 Å². The second kappa shape index (κ2) is 11.8. The SMILES string of the molecule is CCCNC(=O)COCC(=O)Nc1ccc(CC(=O)/C=C(/C)NC)cc1. The molecule has 2 amide bonds. The van der Waals surface area contributed by atoms with E-state index in [-0.39, 0.29) is 30.8 Å². The third kappa shape index (κ3) is 8.98. The van der Waals surface area contributed by atoms with Crippen molar-refractivity contribution in [2.45, 2.75) is 26.7 Å². The van der Waals surface area contributed by atoms with Crippen LogP contribution in [0.15, 0.2) is 36.0 Å². The van der Waals surface area contributed by atoms with Gasteiger partial charge in [-0.05, 0) is 31.0 Å². The zero-order chi connectivity index (χ0) is 19.4. The molecule has 142 valence electrons. The molecule has 0 aliphatic rings. The van der Waals surface area contributed by atoms with Crippen molar-refractivity contribution in [3.05, 3.63) is 41.6 Å². The van der Waals surface area contributed by atoms with Crippen molar-refractivity contribution in [2.75, 3.05) is 32.1 Å². The van der Waals surface area contributed by atoms with Gasteiger partial charge in [-0.25, -0.2) is 0 Å². The summed E-state index contributed by atoms with van der Waals surface area (Å²) in [7, 11) is 1.76. The molecule has 0 fully saturated rings. The van der Waals surface area contributed by atoms with Crippen LogP contribution < -0.4 is 16.0 Å². The molecule has 7 nitrogen and oxygen atoms in total. The van der Waals surface area contributed by atoms with Gasteiger partial charge in [-0.3, -0.25) is 14.4 Å². The molecule has 0 radical (unpaired) electrons. The summed E-state index contributed by atoms with van der Waals surface area (Å²) in [5.74, 6) is -0.579. The van der Waals surface area contributed by atoms with E-state index >= 15 is 0 Å². The van der Waals surface area contributed by atoms with E-state index in [1.54, 1.807) is 37.4 Å². The van der Waals surface area contributed by atoms with Gasteiger partial charge in [-0.1, -0.05) is 19.1 Å². The number of carbonyl (C=O) groups excluding carboxylic acids is 3. The maximum absolute atomic E-state index is 11.8. The van der Waals surface area contributed by atoms with Crippen LogP contribution in [0.2, 0.25) is 0 Å². The fourth-order valence-electron chi connectivity index (χ4n) is 2.02. The molecule has 3 N–H and O–H groups in total. The Hall–Kier alpha value is -2.67. The molecule has 0 aliphatic carbocycles. The first-order chi connectivity index (χ1) is 12.4. The first kappa shape index (κ1) is 21.4. The smallest absolute Gasteiger partial charge is 0.250 e. The molecule has 0 saturated carbocycles. The van der Waals surface area contributed by atoms with Crippen molar-refractivity contribution in [3.63, 3.8) is 0 Å². The van der Waals surface area contributed by atoms with Crippen molar-refractivity contribution < 1.29 is 19.1 Å². The molecular formula is C19H27N3O4. The molecule has 1 rings (SSSR count). The zero-order valence-corrected chi connectivity index (χ0v) is 15.6. The van der Waals surface area contributed by atoms with E-state index in [0.29, 0.717) is 18.7 Å². The number of nitrogens with one attached hydrogen (secondary N) is 3. The molecule has 0 bridgehead atoms. The average molecular weight is 361 g/mol. The maximum atomic E-state index is 11.8. The predicted molar refractivity (Wildman–Crippen MR) is 101 cm³/mol. The molecular weight excluding hydrogens is 334 g/mol. The maximum Gasteiger partial charge on any atom is 0.250 e. The highest BCUT2D eigenvalue weighted by atomic mass is 16.5. The predicted octanol–water partition coefficient (Wildman–Crippen LogP) is 1.40. The summed E-state index contributed by atoms with van der Waals surface area (Å²) >= 11 is 0. The van der Waals surface area contributed by atoms with Gasteiger partial charge in [0, 0.05) is 37.5 Å². The Bertz CT molecular complexity index is 639. The molecule has 0 spiro atoms. The second-order valence-corrected chi connectivity index (χ2v) is 5.81. The second-order valence-electron chi connectivity index (χ2n) is 5.81. The summed E-state index contributed by atoms with van der Waals surface area (Å²) < 4.78 is 5.07. The topological polar surface area (TPSA) is 96.5 Å². The normalized spacial score (nSPS) is 11.0. The number of carbonyl (C=O) groups is 3. The lowest BCUT2D eigenvalue weighted by molar-refractivity contribution is -0.128. The van der Waals surface area contributed by atoms with E-state index in [1.165, 1.54) is 0 Å². The standard InChI is InChI=1S/C19H27N3O4/c1-4-9-21-18(24)12-26-13-19(25)22-16-7-5-15(6-8-16)11-17(23)10-14(2)20-3/h5-8,10,20H,4,9,11-13H2,1-3H3,(H,21,24)(H,22,25)/b14-10-. The number of amides is 2. The molecule has 0 aliphatic heterocycles. The van der Waals surface area contributed by atoms with Crippen LogP contribution in [0.4, 0.5) is 5.69 Å². The Morgan fingerprint density at radius 1 is 1.08 bits per heavy atom. The summed E-state index contributed by atoms with van der Waals surface area (Å²) in [5.41, 5.74) is 2.27. The molecule has 1 aromatic rings. The first-order valence-corrected chi connectivity index (χ1v) is 8.56. The van der Waals surface area contributed by atoms with Crippen LogP contribution in [0.1, 0.15) is 25.8 Å². The van der Waals surface area contributed by atoms with Crippen LogP contribution in [0, 0.1) is 0 Å². The lowest BCUT2D eigenvalue weighted by atomic mass is 10.1. The monoisotopic (exact) mass is 361 g/mol. The highest BCUT2D eigenvalue weighted by molar-refractivity contribution is 5.93. The number of hydrogen-bond donors (Lipinski definition) is 3. The number of anilines is 1. The van der Waals surface area contributed by atoms with Gasteiger partial charge in [-0.15, -0.1) is 0 Å². The van der Waals surface area contributed by atoms with Crippen molar-refractivity contribution >= 4 is 23.3 Å². The third-order valence-corrected chi connectivity index (χ3v) is 3.43. The number of rotatable bonds is 11. The van der Waals surface area contributed by atoms with Gasteiger partial charge >= 0.3 is 0 Å². The van der Waals surface area contributed by atoms with Gasteiger partial charge in [0.05, 0.1) is 0 Å². The van der Waals surface area contributed by atoms with Crippen molar-refractivity contribution in [1.29, 1.82) is 0 Å². The average Bonchev–Trinajstić information content (AvgIpc) is 2.61. The van der Waals surface area contributed by atoms with Gasteiger partial charge in [0.2, 0.25) is 11.8 Å². The van der Waals surface area contributed by atoms with E-state index in [0.717, 1.165) is 17.7 Å². The zero-order valence-electron chi connectivity index (χ0n) is 15.6. The van der Waals surface area contributed by atoms with E-state index in [9.17, 15) is 14.4 Å². The number of ketones is 1. The van der Waals surface area contributed by atoms with E-state index < -0.39 is 0 Å². The number of benzene rings is 1. The Balaban J connectivity index is 2.38. The number of allylic oxidation sites excluding steroid dienone is 2. The van der Waals surface area contributed by atoms with Crippen LogP contribution in [0.5, 0.6) is 0 Å².